The van der Waals surface area contributed by atoms with Crippen LogP contribution in [0.5, 0.6) is 17.2 Å². The van der Waals surface area contributed by atoms with Crippen LogP contribution in [-0.2, 0) is 60.7 Å². The maximum Gasteiger partial charge on any atom is 0.298 e. The van der Waals surface area contributed by atoms with Gasteiger partial charge in [0, 0.05) is 5.56 Å². The van der Waals surface area contributed by atoms with Crippen LogP contribution >= 0.6 is 0 Å². The number of hydrogen-bond donors (Lipinski definition) is 6. The smallest absolute Gasteiger partial charge is 0.298 e. The fraction of sp³-hybridized carbons (Fsp3) is 0.0526. The summed E-state index contributed by atoms with van der Waals surface area (Å²) in [5, 5.41) is 0. The van der Waals surface area contributed by atoms with Gasteiger partial charge in [-0.25, -0.2) is 0 Å². The topological polar surface area (TPSA) is 345 Å². The Morgan fingerprint density at radius 3 is 1.11 bits per heavy atom. The first-order valence-electron chi connectivity index (χ1n) is 17.3. The van der Waals surface area contributed by atoms with E-state index in [2.05, 4.69) is 0 Å². The number of rotatable bonds is 13. The molecule has 64 heavy (non-hydrogen) atoms. The Morgan fingerprint density at radius 2 is 0.703 bits per heavy atom. The van der Waals surface area contributed by atoms with Crippen LogP contribution < -0.4 is 9.47 Å². The van der Waals surface area contributed by atoms with E-state index in [1.54, 1.807) is 0 Å². The maximum atomic E-state index is 13.3. The van der Waals surface area contributed by atoms with Crippen LogP contribution in [0.3, 0.4) is 0 Å². The fourth-order valence-electron chi connectivity index (χ4n) is 6.46. The highest BCUT2D eigenvalue weighted by molar-refractivity contribution is 7.87. The third-order valence-corrected chi connectivity index (χ3v) is 14.8. The van der Waals surface area contributed by atoms with Gasteiger partial charge >= 0.3 is 0 Å². The quantitative estimate of drug-likeness (QED) is 0.0728. The van der Waals surface area contributed by atoms with Crippen LogP contribution in [0.15, 0.2) is 139 Å². The lowest BCUT2D eigenvalue weighted by atomic mass is 9.93. The summed E-state index contributed by atoms with van der Waals surface area (Å²) in [6.45, 7) is 1.28. The molecule has 0 aliphatic carbocycles. The molecule has 0 aliphatic rings. The van der Waals surface area contributed by atoms with Crippen molar-refractivity contribution in [3.8, 4) is 61.8 Å². The predicted octanol–water partition coefficient (Wildman–Crippen LogP) is 5.94. The van der Waals surface area contributed by atoms with Crippen molar-refractivity contribution in [1.29, 1.82) is 0 Å². The van der Waals surface area contributed by atoms with Gasteiger partial charge < -0.3 is 9.47 Å². The van der Waals surface area contributed by atoms with Crippen molar-refractivity contribution >= 4 is 60.7 Å². The summed E-state index contributed by atoms with van der Waals surface area (Å²) < 4.78 is 220. The van der Waals surface area contributed by atoms with E-state index < -0.39 is 107 Å². The van der Waals surface area contributed by atoms with Gasteiger partial charge in [0.2, 0.25) is 0 Å². The van der Waals surface area contributed by atoms with Crippen molar-refractivity contribution in [3.05, 3.63) is 115 Å². The SMILES string of the molecule is COc1ccc(-c2ccc(Oc3c(-c4ccc(S(=O)(=O)O)cc4)cc(-c4cc(-c5ccc(S(=O)(=O)O)cc5)c(C)c(S(=O)(=O)O)c4)cc3S(=O)(=O)O)c(S(=O)(=O)O)c2)cc1S(=O)(=O)O. The van der Waals surface area contributed by atoms with Crippen LogP contribution in [0.25, 0.3) is 44.5 Å². The molecule has 0 aliphatic heterocycles. The first-order chi connectivity index (χ1) is 29.4. The summed E-state index contributed by atoms with van der Waals surface area (Å²) in [7, 11) is -29.2. The molecule has 26 heteroatoms. The van der Waals surface area contributed by atoms with E-state index in [9.17, 15) is 77.8 Å². The summed E-state index contributed by atoms with van der Waals surface area (Å²) in [5.74, 6) is -1.99. The number of benzene rings is 6. The Hall–Kier alpha value is -5.62. The molecule has 20 nitrogen and oxygen atoms in total. The molecule has 6 aromatic rings. The summed E-state index contributed by atoms with van der Waals surface area (Å²) in [6.07, 6.45) is 0. The van der Waals surface area contributed by atoms with Crippen LogP contribution in [-0.4, -0.2) is 84.9 Å². The molecule has 0 saturated carbocycles. The van der Waals surface area contributed by atoms with E-state index in [-0.39, 0.29) is 50.3 Å². The van der Waals surface area contributed by atoms with E-state index in [1.807, 2.05) is 0 Å². The molecule has 6 N–H and O–H groups in total. The van der Waals surface area contributed by atoms with Crippen molar-refractivity contribution < 1.29 is 87.3 Å². The monoisotopic (exact) mass is 998 g/mol. The minimum atomic E-state index is -5.51. The number of ether oxygens (including phenoxy) is 2. The molecule has 0 spiro atoms. The molecule has 0 unspecified atom stereocenters. The third kappa shape index (κ3) is 10.2. The Bertz CT molecular complexity index is 3590. The average molecular weight is 999 g/mol. The van der Waals surface area contributed by atoms with Gasteiger partial charge in [0.05, 0.1) is 21.8 Å². The minimum absolute atomic E-state index is 0.0123. The van der Waals surface area contributed by atoms with Crippen molar-refractivity contribution in [3.63, 3.8) is 0 Å². The van der Waals surface area contributed by atoms with Gasteiger partial charge in [-0.2, -0.15) is 50.5 Å². The molecular weight excluding hydrogens is 969 g/mol. The van der Waals surface area contributed by atoms with E-state index >= 15 is 0 Å². The molecule has 6 aromatic carbocycles. The normalized spacial score (nSPS) is 12.8. The van der Waals surface area contributed by atoms with Crippen molar-refractivity contribution in [2.75, 3.05) is 7.11 Å². The highest BCUT2D eigenvalue weighted by Gasteiger charge is 2.29. The molecule has 0 radical (unpaired) electrons. The average Bonchev–Trinajstić information content (AvgIpc) is 3.18. The minimum Gasteiger partial charge on any atom is -0.495 e. The zero-order valence-corrected chi connectivity index (χ0v) is 37.1. The predicted molar refractivity (Wildman–Crippen MR) is 225 cm³/mol. The lowest BCUT2D eigenvalue weighted by Crippen LogP contribution is -2.07. The van der Waals surface area contributed by atoms with Gasteiger partial charge in [-0.3, -0.25) is 27.3 Å². The second kappa shape index (κ2) is 16.7. The highest BCUT2D eigenvalue weighted by atomic mass is 32.2. The Labute approximate surface area is 365 Å². The van der Waals surface area contributed by atoms with Crippen LogP contribution in [0.1, 0.15) is 5.56 Å². The zero-order valence-electron chi connectivity index (χ0n) is 32.2. The Kier molecular flexibility index (Phi) is 12.5. The largest absolute Gasteiger partial charge is 0.495 e. The van der Waals surface area contributed by atoms with Gasteiger partial charge in [-0.15, -0.1) is 0 Å². The molecule has 0 aromatic heterocycles. The molecule has 0 fully saturated rings. The summed E-state index contributed by atoms with van der Waals surface area (Å²) >= 11 is 0. The lowest BCUT2D eigenvalue weighted by Gasteiger charge is -2.20. The van der Waals surface area contributed by atoms with Crippen molar-refractivity contribution in [2.45, 2.75) is 36.3 Å². The van der Waals surface area contributed by atoms with Crippen LogP contribution in [0.4, 0.5) is 0 Å². The summed E-state index contributed by atoms with van der Waals surface area (Å²) in [4.78, 5) is -4.84. The summed E-state index contributed by atoms with van der Waals surface area (Å²) in [6, 6.07) is 18.4. The molecule has 0 bridgehead atoms. The molecule has 0 amide bonds. The first kappa shape index (κ1) is 47.8. The van der Waals surface area contributed by atoms with Gasteiger partial charge in [-0.05, 0) is 124 Å². The van der Waals surface area contributed by atoms with Crippen LogP contribution in [0, 0.1) is 6.92 Å². The molecule has 338 valence electrons. The van der Waals surface area contributed by atoms with E-state index in [0.29, 0.717) is 0 Å². The summed E-state index contributed by atoms with van der Waals surface area (Å²) in [5.41, 5.74) is -1.15. The molecule has 0 saturated heterocycles. The van der Waals surface area contributed by atoms with Crippen molar-refractivity contribution in [1.82, 2.24) is 0 Å². The third-order valence-electron chi connectivity index (χ3n) is 9.44. The van der Waals surface area contributed by atoms with E-state index in [4.69, 9.17) is 9.47 Å². The number of hydrogen-bond acceptors (Lipinski definition) is 14. The molecule has 6 rings (SSSR count). The Balaban J connectivity index is 1.65. The highest BCUT2D eigenvalue weighted by Crippen LogP contribution is 2.45. The zero-order chi connectivity index (χ0) is 47.5. The molecular formula is C38H30O20S6. The van der Waals surface area contributed by atoms with E-state index in [0.717, 1.165) is 92.0 Å². The van der Waals surface area contributed by atoms with Gasteiger partial charge in [0.25, 0.3) is 60.7 Å². The Morgan fingerprint density at radius 1 is 0.359 bits per heavy atom. The maximum absolute atomic E-state index is 13.3. The fourth-order valence-corrected chi connectivity index (χ4v) is 10.2. The van der Waals surface area contributed by atoms with Gasteiger partial charge in [0.15, 0.2) is 5.75 Å². The van der Waals surface area contributed by atoms with Crippen molar-refractivity contribution in [2.24, 2.45) is 0 Å². The molecule has 0 atom stereocenters. The lowest BCUT2D eigenvalue weighted by molar-refractivity contribution is 0.397. The van der Waals surface area contributed by atoms with Crippen LogP contribution in [0.2, 0.25) is 0 Å². The molecule has 0 heterocycles. The number of methoxy groups -OCH3 is 1. The van der Waals surface area contributed by atoms with Gasteiger partial charge in [0.1, 0.15) is 26.2 Å². The second-order valence-electron chi connectivity index (χ2n) is 13.5. The first-order valence-corrected chi connectivity index (χ1v) is 25.9. The van der Waals surface area contributed by atoms with Gasteiger partial charge in [-0.1, -0.05) is 36.4 Å². The van der Waals surface area contributed by atoms with E-state index in [1.165, 1.54) is 31.2 Å². The second-order valence-corrected chi connectivity index (χ2v) is 21.9. The standard InChI is InChI=1S/C38H30O20S6/c1-21-30(22-3-9-28(10-4-22)59(39,40)41)15-26(19-34(21)61(45,46)47)27-16-31(23-5-11-29(12-6-23)60(42,43)44)38(37(20-27)64(54,55)56)58-33-14-8-25(18-36(33)63(51,52)53)24-7-13-32(57-2)35(17-24)62(48,49)50/h3-20H,1-2H3,(H,39,40,41)(H,42,43,44)(H,45,46,47)(H,48,49,50)(H,51,52,53)(H,54,55,56).